The average Bonchev–Trinajstić information content (AvgIpc) is 3.74. The Morgan fingerprint density at radius 1 is 0.816 bits per heavy atom. The molecule has 1 aliphatic carbocycles. The molecule has 1 heterocycles. The molecule has 0 atom stereocenters. The molecule has 38 heavy (non-hydrogen) atoms. The summed E-state index contributed by atoms with van der Waals surface area (Å²) in [6.07, 6.45) is 4.84. The molecular formula is C30H25N5O3. The fourth-order valence-electron chi connectivity index (χ4n) is 4.23. The largest absolute Gasteiger partial charge is 0.344 e. The highest BCUT2D eigenvalue weighted by atomic mass is 16.2. The van der Waals surface area contributed by atoms with Crippen molar-refractivity contribution < 1.29 is 14.4 Å². The summed E-state index contributed by atoms with van der Waals surface area (Å²) in [7, 11) is 0. The summed E-state index contributed by atoms with van der Waals surface area (Å²) in [4.78, 5) is 45.7. The summed E-state index contributed by atoms with van der Waals surface area (Å²) in [5.74, 6) is 3.87. The van der Waals surface area contributed by atoms with Crippen molar-refractivity contribution in [3.8, 4) is 11.8 Å². The molecule has 5 rings (SSSR count). The van der Waals surface area contributed by atoms with Gasteiger partial charge >= 0.3 is 11.8 Å². The van der Waals surface area contributed by atoms with Gasteiger partial charge in [0.1, 0.15) is 0 Å². The fraction of sp³-hybridized carbons (Fsp3) is 0.167. The molecule has 1 saturated carbocycles. The molecule has 0 saturated heterocycles. The van der Waals surface area contributed by atoms with Crippen molar-refractivity contribution in [1.29, 1.82) is 0 Å². The van der Waals surface area contributed by atoms with E-state index in [1.165, 1.54) is 0 Å². The summed E-state index contributed by atoms with van der Waals surface area (Å²) in [6.45, 7) is 0.00269. The SMILES string of the molecule is O=C(NCC#Cc1ncccn1)C(=O)NCc1ccccc1C(=O)NC1(c2ccc3ccccc3c2)CC1. The molecule has 0 radical (unpaired) electrons. The first-order chi connectivity index (χ1) is 18.5. The van der Waals surface area contributed by atoms with Gasteiger partial charge in [-0.3, -0.25) is 14.4 Å². The summed E-state index contributed by atoms with van der Waals surface area (Å²) in [5, 5.41) is 10.5. The molecule has 0 bridgehead atoms. The van der Waals surface area contributed by atoms with E-state index in [2.05, 4.69) is 68.1 Å². The first-order valence-corrected chi connectivity index (χ1v) is 12.3. The number of carbonyl (C=O) groups excluding carboxylic acids is 3. The van der Waals surface area contributed by atoms with Gasteiger partial charge < -0.3 is 16.0 Å². The Balaban J connectivity index is 1.19. The maximum atomic E-state index is 13.3. The van der Waals surface area contributed by atoms with Crippen molar-refractivity contribution >= 4 is 28.5 Å². The molecule has 3 N–H and O–H groups in total. The highest BCUT2D eigenvalue weighted by molar-refractivity contribution is 6.35. The minimum Gasteiger partial charge on any atom is -0.344 e. The van der Waals surface area contributed by atoms with Gasteiger partial charge in [0, 0.05) is 24.5 Å². The molecule has 4 aromatic rings. The van der Waals surface area contributed by atoms with Crippen LogP contribution in [-0.4, -0.2) is 34.2 Å². The molecule has 3 amide bonds. The topological polar surface area (TPSA) is 113 Å². The number of nitrogens with zero attached hydrogens (tertiary/aromatic N) is 2. The molecule has 0 spiro atoms. The Morgan fingerprint density at radius 2 is 1.53 bits per heavy atom. The molecular weight excluding hydrogens is 478 g/mol. The van der Waals surface area contributed by atoms with Gasteiger partial charge in [-0.25, -0.2) is 9.97 Å². The van der Waals surface area contributed by atoms with Crippen LogP contribution in [0, 0.1) is 11.8 Å². The second kappa shape index (κ2) is 10.9. The Labute approximate surface area is 219 Å². The number of carbonyl (C=O) groups is 3. The lowest BCUT2D eigenvalue weighted by atomic mass is 9.99. The number of hydrogen-bond acceptors (Lipinski definition) is 5. The van der Waals surface area contributed by atoms with Crippen LogP contribution in [0.25, 0.3) is 10.8 Å². The fourth-order valence-corrected chi connectivity index (χ4v) is 4.23. The zero-order valence-electron chi connectivity index (χ0n) is 20.5. The first kappa shape index (κ1) is 24.7. The van der Waals surface area contributed by atoms with E-state index in [0.717, 1.165) is 29.2 Å². The second-order valence-electron chi connectivity index (χ2n) is 8.99. The van der Waals surface area contributed by atoms with Crippen LogP contribution in [0.5, 0.6) is 0 Å². The molecule has 1 fully saturated rings. The minimum atomic E-state index is -0.816. The van der Waals surface area contributed by atoms with Crippen molar-refractivity contribution in [3.05, 3.63) is 108 Å². The zero-order valence-corrected chi connectivity index (χ0v) is 20.5. The van der Waals surface area contributed by atoms with Crippen LogP contribution in [0.4, 0.5) is 0 Å². The third-order valence-electron chi connectivity index (χ3n) is 6.42. The van der Waals surface area contributed by atoms with Gasteiger partial charge in [-0.15, -0.1) is 0 Å². The molecule has 1 aromatic heterocycles. The lowest BCUT2D eigenvalue weighted by molar-refractivity contribution is -0.139. The minimum absolute atomic E-state index is 0.0274. The normalized spacial score (nSPS) is 13.1. The summed E-state index contributed by atoms with van der Waals surface area (Å²) in [6, 6.07) is 23.1. The number of nitrogens with one attached hydrogen (secondary N) is 3. The molecule has 0 aliphatic heterocycles. The number of benzene rings is 3. The van der Waals surface area contributed by atoms with Crippen molar-refractivity contribution in [3.63, 3.8) is 0 Å². The second-order valence-corrected chi connectivity index (χ2v) is 8.99. The number of aromatic nitrogens is 2. The van der Waals surface area contributed by atoms with Gasteiger partial charge in [0.05, 0.1) is 12.1 Å². The van der Waals surface area contributed by atoms with Gasteiger partial charge in [-0.2, -0.15) is 0 Å². The molecule has 3 aromatic carbocycles. The predicted octanol–water partition coefficient (Wildman–Crippen LogP) is 2.83. The van der Waals surface area contributed by atoms with Crippen LogP contribution in [0.2, 0.25) is 0 Å². The average molecular weight is 504 g/mol. The van der Waals surface area contributed by atoms with Gasteiger partial charge in [-0.1, -0.05) is 60.5 Å². The standard InChI is InChI=1S/C30H25N5O3/c36-27(35-30(14-15-30)24-13-12-21-7-1-2-8-22(21)19-24)25-10-4-3-9-23(25)20-34-29(38)28(37)33-16-5-11-26-31-17-6-18-32-26/h1-4,6-10,12-13,17-19H,14-16,20H2,(H,33,37)(H,34,38)(H,35,36). The van der Waals surface area contributed by atoms with Gasteiger partial charge in [0.25, 0.3) is 5.91 Å². The van der Waals surface area contributed by atoms with Crippen LogP contribution >= 0.6 is 0 Å². The number of rotatable bonds is 6. The van der Waals surface area contributed by atoms with Crippen LogP contribution in [0.3, 0.4) is 0 Å². The van der Waals surface area contributed by atoms with Crippen molar-refractivity contribution in [2.45, 2.75) is 24.9 Å². The Hall–Kier alpha value is -5.03. The summed E-state index contributed by atoms with van der Waals surface area (Å²) < 4.78 is 0. The monoisotopic (exact) mass is 503 g/mol. The van der Waals surface area contributed by atoms with Gasteiger partial charge in [0.2, 0.25) is 5.82 Å². The number of amides is 3. The Bertz CT molecular complexity index is 1570. The van der Waals surface area contributed by atoms with Crippen molar-refractivity contribution in [1.82, 2.24) is 25.9 Å². The molecule has 8 heteroatoms. The highest BCUT2D eigenvalue weighted by Gasteiger charge is 2.46. The molecule has 8 nitrogen and oxygen atoms in total. The van der Waals surface area contributed by atoms with Crippen LogP contribution in [0.15, 0.2) is 85.2 Å². The van der Waals surface area contributed by atoms with Gasteiger partial charge in [-0.05, 0) is 58.9 Å². The lowest BCUT2D eigenvalue weighted by Crippen LogP contribution is -2.40. The summed E-state index contributed by atoms with van der Waals surface area (Å²) in [5.41, 5.74) is 1.74. The van der Waals surface area contributed by atoms with E-state index < -0.39 is 17.4 Å². The van der Waals surface area contributed by atoms with E-state index in [9.17, 15) is 14.4 Å². The zero-order chi connectivity index (χ0) is 26.4. The van der Waals surface area contributed by atoms with E-state index in [1.54, 1.807) is 42.7 Å². The first-order valence-electron chi connectivity index (χ1n) is 12.3. The number of hydrogen-bond donors (Lipinski definition) is 3. The Kier molecular flexibility index (Phi) is 7.09. The van der Waals surface area contributed by atoms with E-state index in [0.29, 0.717) is 17.0 Å². The summed E-state index contributed by atoms with van der Waals surface area (Å²) >= 11 is 0. The predicted molar refractivity (Wildman–Crippen MR) is 143 cm³/mol. The highest BCUT2D eigenvalue weighted by Crippen LogP contribution is 2.46. The third-order valence-corrected chi connectivity index (χ3v) is 6.42. The maximum absolute atomic E-state index is 13.3. The van der Waals surface area contributed by atoms with Crippen molar-refractivity contribution in [2.24, 2.45) is 0 Å². The molecule has 0 unspecified atom stereocenters. The van der Waals surface area contributed by atoms with Crippen molar-refractivity contribution in [2.75, 3.05) is 6.54 Å². The lowest BCUT2D eigenvalue weighted by Gasteiger charge is -2.20. The smallest absolute Gasteiger partial charge is 0.310 e. The number of fused-ring (bicyclic) bond motifs is 1. The third kappa shape index (κ3) is 5.68. The molecule has 188 valence electrons. The Morgan fingerprint density at radius 3 is 2.32 bits per heavy atom. The molecule has 1 aliphatic rings. The van der Waals surface area contributed by atoms with Crippen LogP contribution in [-0.2, 0) is 21.7 Å². The quantitative estimate of drug-likeness (QED) is 0.277. The van der Waals surface area contributed by atoms with Crippen LogP contribution < -0.4 is 16.0 Å². The van der Waals surface area contributed by atoms with E-state index >= 15 is 0 Å². The van der Waals surface area contributed by atoms with E-state index in [4.69, 9.17) is 0 Å². The maximum Gasteiger partial charge on any atom is 0.310 e. The van der Waals surface area contributed by atoms with Gasteiger partial charge in [0.15, 0.2) is 0 Å². The van der Waals surface area contributed by atoms with E-state index in [1.807, 2.05) is 12.1 Å². The van der Waals surface area contributed by atoms with Crippen LogP contribution in [0.1, 0.15) is 40.2 Å². The van der Waals surface area contributed by atoms with E-state index in [-0.39, 0.29) is 19.0 Å².